The summed E-state index contributed by atoms with van der Waals surface area (Å²) in [4.78, 5) is 12.2. The Hall–Kier alpha value is -0.0900. The van der Waals surface area contributed by atoms with E-state index in [1.165, 1.54) is 38.5 Å². The fraction of sp³-hybridized carbons (Fsp3) is 0.938. The first-order valence-corrected chi connectivity index (χ1v) is 8.85. The quantitative estimate of drug-likeness (QED) is 0.593. The number of amides is 1. The van der Waals surface area contributed by atoms with Crippen LogP contribution in [0.5, 0.6) is 0 Å². The summed E-state index contributed by atoms with van der Waals surface area (Å²) in [6, 6.07) is 0. The van der Waals surface area contributed by atoms with Gasteiger partial charge in [0.2, 0.25) is 5.91 Å². The average Bonchev–Trinajstić information content (AvgIpc) is 2.30. The third kappa shape index (κ3) is 3.06. The van der Waals surface area contributed by atoms with Crippen LogP contribution < -0.4 is 5.32 Å². The molecule has 0 spiro atoms. The van der Waals surface area contributed by atoms with E-state index in [2.05, 4.69) is 21.2 Å². The zero-order valence-electron chi connectivity index (χ0n) is 12.4. The van der Waals surface area contributed by atoms with Crippen LogP contribution in [0.25, 0.3) is 0 Å². The van der Waals surface area contributed by atoms with Crippen LogP contribution in [-0.2, 0) is 9.53 Å². The Morgan fingerprint density at radius 3 is 2.60 bits per heavy atom. The van der Waals surface area contributed by atoms with E-state index in [1.807, 2.05) is 6.92 Å². The molecule has 4 bridgehead atoms. The lowest BCUT2D eigenvalue weighted by atomic mass is 9.48. The molecular weight excluding hydrogens is 318 g/mol. The van der Waals surface area contributed by atoms with Gasteiger partial charge in [0, 0.05) is 23.9 Å². The van der Waals surface area contributed by atoms with Crippen molar-refractivity contribution in [2.45, 2.75) is 56.2 Å². The van der Waals surface area contributed by atoms with E-state index in [1.54, 1.807) is 0 Å². The Balaban J connectivity index is 1.55. The van der Waals surface area contributed by atoms with Crippen molar-refractivity contribution in [3.05, 3.63) is 0 Å². The van der Waals surface area contributed by atoms with Gasteiger partial charge in [-0.15, -0.1) is 0 Å². The molecule has 2 atom stereocenters. The summed E-state index contributed by atoms with van der Waals surface area (Å²) in [5.41, 5.74) is 0.281. The molecule has 0 heterocycles. The van der Waals surface area contributed by atoms with E-state index < -0.39 is 0 Å². The highest BCUT2D eigenvalue weighted by atomic mass is 79.9. The molecule has 4 aliphatic rings. The van der Waals surface area contributed by atoms with Crippen LogP contribution in [0.1, 0.15) is 51.9 Å². The van der Waals surface area contributed by atoms with Gasteiger partial charge in [-0.2, -0.15) is 0 Å². The number of rotatable bonds is 6. The summed E-state index contributed by atoms with van der Waals surface area (Å²) in [5, 5.41) is 3.03. The minimum absolute atomic E-state index is 0.225. The number of alkyl halides is 1. The third-order valence-corrected chi connectivity index (χ3v) is 6.35. The van der Waals surface area contributed by atoms with Gasteiger partial charge >= 0.3 is 0 Å². The Bertz CT molecular complexity index is 371. The lowest BCUT2D eigenvalue weighted by Gasteiger charge is -2.60. The average molecular weight is 344 g/mol. The van der Waals surface area contributed by atoms with E-state index in [0.29, 0.717) is 17.5 Å². The molecule has 1 N–H and O–H groups in total. The van der Waals surface area contributed by atoms with Crippen LogP contribution in [0.15, 0.2) is 0 Å². The molecule has 20 heavy (non-hydrogen) atoms. The van der Waals surface area contributed by atoms with Gasteiger partial charge in [-0.25, -0.2) is 0 Å². The van der Waals surface area contributed by atoms with Crippen molar-refractivity contribution < 1.29 is 9.53 Å². The number of carbonyl (C=O) groups excluding carboxylic acids is 1. The molecule has 3 nitrogen and oxygen atoms in total. The second kappa shape index (κ2) is 5.60. The molecule has 4 heteroatoms. The predicted octanol–water partition coefficient (Wildman–Crippen LogP) is 3.26. The number of nitrogens with one attached hydrogen (secondary N) is 1. The van der Waals surface area contributed by atoms with Crippen LogP contribution in [0, 0.1) is 17.3 Å². The summed E-state index contributed by atoms with van der Waals surface area (Å²) in [6.45, 7) is 3.97. The van der Waals surface area contributed by atoms with Gasteiger partial charge in [0.1, 0.15) is 0 Å². The minimum Gasteiger partial charge on any atom is -0.380 e. The van der Waals surface area contributed by atoms with Gasteiger partial charge in [-0.05, 0) is 62.7 Å². The smallest absolute Gasteiger partial charge is 0.220 e. The fourth-order valence-corrected chi connectivity index (χ4v) is 6.86. The molecule has 4 aliphatic carbocycles. The molecule has 0 radical (unpaired) electrons. The molecule has 0 saturated heterocycles. The summed E-state index contributed by atoms with van der Waals surface area (Å²) in [7, 11) is 0. The maximum Gasteiger partial charge on any atom is 0.220 e. The first-order chi connectivity index (χ1) is 9.53. The molecule has 0 aromatic carbocycles. The van der Waals surface area contributed by atoms with Gasteiger partial charge in [-0.1, -0.05) is 15.9 Å². The molecule has 0 aromatic rings. The molecule has 4 fully saturated rings. The SMILES string of the molecule is CCOCCNC(=O)CC12CC3CC(CC(Br)(C3)C1)C2. The van der Waals surface area contributed by atoms with Gasteiger partial charge < -0.3 is 10.1 Å². The van der Waals surface area contributed by atoms with Crippen molar-refractivity contribution in [2.24, 2.45) is 17.3 Å². The largest absolute Gasteiger partial charge is 0.380 e. The van der Waals surface area contributed by atoms with E-state index in [9.17, 15) is 4.79 Å². The summed E-state index contributed by atoms with van der Waals surface area (Å²) in [6.07, 6.45) is 8.53. The van der Waals surface area contributed by atoms with Crippen molar-refractivity contribution in [1.29, 1.82) is 0 Å². The maximum atomic E-state index is 12.2. The van der Waals surface area contributed by atoms with Crippen molar-refractivity contribution in [3.63, 3.8) is 0 Å². The molecule has 0 aromatic heterocycles. The number of hydrogen-bond acceptors (Lipinski definition) is 2. The molecule has 4 rings (SSSR count). The molecule has 1 amide bonds. The summed E-state index contributed by atoms with van der Waals surface area (Å²) in [5.74, 6) is 1.93. The Morgan fingerprint density at radius 2 is 2.00 bits per heavy atom. The minimum atomic E-state index is 0.225. The topological polar surface area (TPSA) is 38.3 Å². The van der Waals surface area contributed by atoms with Gasteiger partial charge in [0.25, 0.3) is 0 Å². The predicted molar refractivity (Wildman–Crippen MR) is 82.9 cm³/mol. The molecule has 2 unspecified atom stereocenters. The standard InChI is InChI=1S/C16H26BrNO2/c1-2-20-4-3-18-14(19)10-15-6-12-5-13(7-15)9-16(17,8-12)11-15/h12-13H,2-11H2,1H3,(H,18,19). The van der Waals surface area contributed by atoms with Crippen LogP contribution in [0.2, 0.25) is 0 Å². The van der Waals surface area contributed by atoms with Crippen molar-refractivity contribution in [1.82, 2.24) is 5.32 Å². The van der Waals surface area contributed by atoms with Crippen molar-refractivity contribution in [3.8, 4) is 0 Å². The van der Waals surface area contributed by atoms with E-state index in [-0.39, 0.29) is 11.3 Å². The molecule has 4 saturated carbocycles. The second-order valence-electron chi connectivity index (χ2n) is 7.34. The number of ether oxygens (including phenoxy) is 1. The van der Waals surface area contributed by atoms with E-state index in [4.69, 9.17) is 4.74 Å². The summed E-state index contributed by atoms with van der Waals surface area (Å²) >= 11 is 4.00. The molecule has 114 valence electrons. The highest BCUT2D eigenvalue weighted by Gasteiger charge is 2.57. The Labute approximate surface area is 130 Å². The normalized spacial score (nSPS) is 41.9. The van der Waals surface area contributed by atoms with Crippen molar-refractivity contribution >= 4 is 21.8 Å². The third-order valence-electron chi connectivity index (χ3n) is 5.42. The fourth-order valence-electron chi connectivity index (χ4n) is 5.35. The van der Waals surface area contributed by atoms with Crippen LogP contribution in [0.3, 0.4) is 0 Å². The monoisotopic (exact) mass is 343 g/mol. The van der Waals surface area contributed by atoms with Gasteiger partial charge in [0.15, 0.2) is 0 Å². The lowest BCUT2D eigenvalue weighted by molar-refractivity contribution is -0.128. The van der Waals surface area contributed by atoms with Crippen molar-refractivity contribution in [2.75, 3.05) is 19.8 Å². The molecule has 0 aliphatic heterocycles. The first kappa shape index (κ1) is 14.8. The lowest BCUT2D eigenvalue weighted by Crippen LogP contribution is -2.54. The number of halogens is 1. The number of carbonyl (C=O) groups is 1. The van der Waals surface area contributed by atoms with Crippen LogP contribution in [0.4, 0.5) is 0 Å². The highest BCUT2D eigenvalue weighted by molar-refractivity contribution is 9.10. The van der Waals surface area contributed by atoms with Gasteiger partial charge in [0.05, 0.1) is 6.61 Å². The second-order valence-corrected chi connectivity index (χ2v) is 9.02. The Kier molecular flexibility index (Phi) is 4.15. The van der Waals surface area contributed by atoms with Crippen LogP contribution >= 0.6 is 15.9 Å². The van der Waals surface area contributed by atoms with Crippen LogP contribution in [-0.4, -0.2) is 30.0 Å². The maximum absolute atomic E-state index is 12.2. The number of hydrogen-bond donors (Lipinski definition) is 1. The zero-order chi connectivity index (χ0) is 14.2. The van der Waals surface area contributed by atoms with Gasteiger partial charge in [-0.3, -0.25) is 4.79 Å². The summed E-state index contributed by atoms with van der Waals surface area (Å²) < 4.78 is 5.62. The first-order valence-electron chi connectivity index (χ1n) is 8.06. The highest BCUT2D eigenvalue weighted by Crippen LogP contribution is 2.65. The van der Waals surface area contributed by atoms with E-state index >= 15 is 0 Å². The zero-order valence-corrected chi connectivity index (χ0v) is 14.0. The van der Waals surface area contributed by atoms with E-state index in [0.717, 1.165) is 24.9 Å². The Morgan fingerprint density at radius 1 is 1.30 bits per heavy atom. The molecular formula is C16H26BrNO2.